The second kappa shape index (κ2) is 3.19. The van der Waals surface area contributed by atoms with Crippen molar-refractivity contribution in [3.05, 3.63) is 0 Å². The molecule has 0 spiro atoms. The van der Waals surface area contributed by atoms with Crippen molar-refractivity contribution in [2.45, 2.75) is 45.8 Å². The van der Waals surface area contributed by atoms with Crippen LogP contribution in [0.1, 0.15) is 34.6 Å². The summed E-state index contributed by atoms with van der Waals surface area (Å²) in [4.78, 5) is 10.7. The quantitative estimate of drug-likeness (QED) is 0.618. The molecule has 5 heteroatoms. The van der Waals surface area contributed by atoms with Gasteiger partial charge in [-0.2, -0.15) is 0 Å². The molecular formula is C8H15O4P. The Bertz CT molecular complexity index is 208. The van der Waals surface area contributed by atoms with Crippen molar-refractivity contribution < 1.29 is 18.4 Å². The van der Waals surface area contributed by atoms with Gasteiger partial charge in [-0.3, -0.25) is 13.8 Å². The molecular weight excluding hydrogens is 191 g/mol. The van der Waals surface area contributed by atoms with Crippen LogP contribution in [0.2, 0.25) is 0 Å². The first-order valence-corrected chi connectivity index (χ1v) is 5.21. The molecule has 0 unspecified atom stereocenters. The average Bonchev–Trinajstić information content (AvgIpc) is 1.98. The molecule has 0 N–H and O–H groups in total. The van der Waals surface area contributed by atoms with E-state index in [2.05, 4.69) is 0 Å². The Morgan fingerprint density at radius 2 is 1.54 bits per heavy atom. The monoisotopic (exact) mass is 206 g/mol. The summed E-state index contributed by atoms with van der Waals surface area (Å²) in [5.74, 6) is -0.375. The highest BCUT2D eigenvalue weighted by Crippen LogP contribution is 2.58. The molecule has 1 rings (SSSR count). The number of carbonyl (C=O) groups excluding carboxylic acids is 1. The normalized spacial score (nSPS) is 25.9. The van der Waals surface area contributed by atoms with E-state index in [4.69, 9.17) is 13.6 Å². The van der Waals surface area contributed by atoms with Gasteiger partial charge >= 0.3 is 14.6 Å². The lowest BCUT2D eigenvalue weighted by Gasteiger charge is -2.29. The first-order valence-electron chi connectivity index (χ1n) is 4.11. The van der Waals surface area contributed by atoms with Crippen LogP contribution in [0.25, 0.3) is 0 Å². The maximum Gasteiger partial charge on any atom is 0.400 e. The minimum absolute atomic E-state index is 0.375. The van der Waals surface area contributed by atoms with Gasteiger partial charge in [0.1, 0.15) is 11.2 Å². The summed E-state index contributed by atoms with van der Waals surface area (Å²) in [5, 5.41) is 0. The maximum atomic E-state index is 10.7. The van der Waals surface area contributed by atoms with Gasteiger partial charge in [0.2, 0.25) is 0 Å². The van der Waals surface area contributed by atoms with Crippen LogP contribution in [0.4, 0.5) is 0 Å². The van der Waals surface area contributed by atoms with E-state index in [0.717, 1.165) is 0 Å². The third-order valence-electron chi connectivity index (χ3n) is 2.26. The summed E-state index contributed by atoms with van der Waals surface area (Å²) >= 11 is 0. The van der Waals surface area contributed by atoms with Gasteiger partial charge < -0.3 is 4.52 Å². The van der Waals surface area contributed by atoms with Gasteiger partial charge in [-0.05, 0) is 27.7 Å². The van der Waals surface area contributed by atoms with E-state index in [1.54, 1.807) is 0 Å². The lowest BCUT2D eigenvalue weighted by atomic mass is 9.90. The second-order valence-electron chi connectivity index (χ2n) is 4.01. The lowest BCUT2D eigenvalue weighted by molar-refractivity contribution is -0.132. The number of rotatable bonds is 1. The highest BCUT2D eigenvalue weighted by molar-refractivity contribution is 7.42. The molecule has 1 aliphatic rings. The molecule has 13 heavy (non-hydrogen) atoms. The van der Waals surface area contributed by atoms with Crippen molar-refractivity contribution in [3.63, 3.8) is 0 Å². The number of hydrogen-bond acceptors (Lipinski definition) is 4. The molecule has 76 valence electrons. The molecule has 0 saturated carbocycles. The zero-order valence-corrected chi connectivity index (χ0v) is 9.47. The highest BCUT2D eigenvalue weighted by Gasteiger charge is 2.52. The van der Waals surface area contributed by atoms with E-state index in [9.17, 15) is 4.79 Å². The third kappa shape index (κ3) is 2.19. The number of hydrogen-bond donors (Lipinski definition) is 0. The molecule has 0 aromatic rings. The van der Waals surface area contributed by atoms with Crippen LogP contribution < -0.4 is 0 Å². The molecule has 1 heterocycles. The molecule has 0 amide bonds. The molecule has 0 aliphatic carbocycles. The summed E-state index contributed by atoms with van der Waals surface area (Å²) in [7, 11) is -1.51. The van der Waals surface area contributed by atoms with Gasteiger partial charge in [0.25, 0.3) is 0 Å². The fraction of sp³-hybridized carbons (Fsp3) is 0.875. The average molecular weight is 206 g/mol. The van der Waals surface area contributed by atoms with E-state index >= 15 is 0 Å². The number of carbonyl (C=O) groups is 1. The van der Waals surface area contributed by atoms with Crippen molar-refractivity contribution in [3.8, 4) is 0 Å². The predicted octanol–water partition coefficient (Wildman–Crippen LogP) is 2.38. The standard InChI is InChI=1S/C8H15O4P/c1-6(9)10-13-11-7(2,3)8(4,5)12-13/h1-5H3. The molecule has 0 aromatic carbocycles. The topological polar surface area (TPSA) is 44.8 Å². The Hall–Kier alpha value is -0.180. The van der Waals surface area contributed by atoms with Crippen molar-refractivity contribution >= 4 is 14.6 Å². The van der Waals surface area contributed by atoms with E-state index in [0.29, 0.717) is 0 Å². The molecule has 1 saturated heterocycles. The molecule has 1 aliphatic heterocycles. The van der Waals surface area contributed by atoms with Gasteiger partial charge in [0.15, 0.2) is 0 Å². The summed E-state index contributed by atoms with van der Waals surface area (Å²) in [6, 6.07) is 0. The lowest BCUT2D eigenvalue weighted by Crippen LogP contribution is -2.41. The van der Waals surface area contributed by atoms with Crippen molar-refractivity contribution in [1.82, 2.24) is 0 Å². The van der Waals surface area contributed by atoms with Crippen LogP contribution in [-0.2, 0) is 18.4 Å². The fourth-order valence-corrected chi connectivity index (χ4v) is 2.26. The Balaban J connectivity index is 2.65. The van der Waals surface area contributed by atoms with Gasteiger partial charge in [-0.1, -0.05) is 0 Å². The van der Waals surface area contributed by atoms with Crippen LogP contribution >= 0.6 is 8.60 Å². The molecule has 1 fully saturated rings. The Kier molecular flexibility index (Phi) is 2.68. The van der Waals surface area contributed by atoms with Crippen LogP contribution in [0.3, 0.4) is 0 Å². The molecule has 4 nitrogen and oxygen atoms in total. The van der Waals surface area contributed by atoms with Crippen molar-refractivity contribution in [2.75, 3.05) is 0 Å². The Labute approximate surface area is 79.5 Å². The highest BCUT2D eigenvalue weighted by atomic mass is 31.2. The minimum atomic E-state index is -1.51. The first-order chi connectivity index (χ1) is 5.74. The van der Waals surface area contributed by atoms with Gasteiger partial charge in [0.05, 0.1) is 0 Å². The Morgan fingerprint density at radius 3 is 1.85 bits per heavy atom. The Morgan fingerprint density at radius 1 is 1.15 bits per heavy atom. The molecule has 0 radical (unpaired) electrons. The summed E-state index contributed by atoms with van der Waals surface area (Å²) in [5.41, 5.74) is -0.845. The van der Waals surface area contributed by atoms with E-state index in [1.165, 1.54) is 6.92 Å². The largest absolute Gasteiger partial charge is 0.400 e. The van der Waals surface area contributed by atoms with Crippen LogP contribution in [0, 0.1) is 0 Å². The minimum Gasteiger partial charge on any atom is -0.394 e. The van der Waals surface area contributed by atoms with Crippen LogP contribution in [0.5, 0.6) is 0 Å². The SMILES string of the molecule is CC(=O)OP1OC(C)(C)C(C)(C)O1. The summed E-state index contributed by atoms with van der Waals surface area (Å²) < 4.78 is 15.8. The fourth-order valence-electron chi connectivity index (χ4n) is 0.753. The maximum absolute atomic E-state index is 10.7. The third-order valence-corrected chi connectivity index (χ3v) is 3.88. The zero-order chi connectivity index (χ0) is 10.3. The molecule has 0 atom stereocenters. The van der Waals surface area contributed by atoms with Gasteiger partial charge in [-0.25, -0.2) is 0 Å². The van der Waals surface area contributed by atoms with Crippen molar-refractivity contribution in [1.29, 1.82) is 0 Å². The van der Waals surface area contributed by atoms with E-state index < -0.39 is 19.8 Å². The van der Waals surface area contributed by atoms with Gasteiger partial charge in [-0.15, -0.1) is 0 Å². The van der Waals surface area contributed by atoms with E-state index in [-0.39, 0.29) is 5.97 Å². The summed E-state index contributed by atoms with van der Waals surface area (Å²) in [6.45, 7) is 9.00. The van der Waals surface area contributed by atoms with Crippen LogP contribution in [0.15, 0.2) is 0 Å². The smallest absolute Gasteiger partial charge is 0.394 e. The van der Waals surface area contributed by atoms with Gasteiger partial charge in [0, 0.05) is 6.92 Å². The van der Waals surface area contributed by atoms with E-state index in [1.807, 2.05) is 27.7 Å². The van der Waals surface area contributed by atoms with Crippen molar-refractivity contribution in [2.24, 2.45) is 0 Å². The summed E-state index contributed by atoms with van der Waals surface area (Å²) in [6.07, 6.45) is 0. The second-order valence-corrected chi connectivity index (χ2v) is 5.00. The predicted molar refractivity (Wildman–Crippen MR) is 49.0 cm³/mol. The first kappa shape index (κ1) is 10.9. The zero-order valence-electron chi connectivity index (χ0n) is 8.58. The molecule has 0 aromatic heterocycles. The van der Waals surface area contributed by atoms with Crippen LogP contribution in [-0.4, -0.2) is 17.2 Å². The molecule has 0 bridgehead atoms.